The van der Waals surface area contributed by atoms with Crippen molar-refractivity contribution in [1.82, 2.24) is 10.2 Å². The molecular weight excluding hydrogens is 256 g/mol. The second kappa shape index (κ2) is 6.53. The highest BCUT2D eigenvalue weighted by Gasteiger charge is 2.24. The van der Waals surface area contributed by atoms with Crippen LogP contribution < -0.4 is 5.32 Å². The first-order chi connectivity index (χ1) is 9.11. The van der Waals surface area contributed by atoms with E-state index in [4.69, 9.17) is 0 Å². The highest BCUT2D eigenvalue weighted by atomic mass is 32.1. The van der Waals surface area contributed by atoms with Crippen LogP contribution in [0.2, 0.25) is 0 Å². The van der Waals surface area contributed by atoms with Crippen molar-refractivity contribution in [2.75, 3.05) is 26.7 Å². The molecule has 2 heterocycles. The molecule has 1 aliphatic heterocycles. The molecular formula is C15H24N2OS. The Kier molecular flexibility index (Phi) is 4.99. The zero-order valence-corrected chi connectivity index (χ0v) is 13.0. The fraction of sp³-hybridized carbons (Fsp3) is 0.667. The largest absolute Gasteiger partial charge is 0.338 e. The maximum Gasteiger partial charge on any atom is 0.263 e. The van der Waals surface area contributed by atoms with Crippen molar-refractivity contribution in [1.29, 1.82) is 0 Å². The fourth-order valence-electron chi connectivity index (χ4n) is 2.61. The smallest absolute Gasteiger partial charge is 0.263 e. The predicted molar refractivity (Wildman–Crippen MR) is 81.0 cm³/mol. The van der Waals surface area contributed by atoms with Crippen LogP contribution >= 0.6 is 11.3 Å². The molecule has 0 unspecified atom stereocenters. The summed E-state index contributed by atoms with van der Waals surface area (Å²) >= 11 is 1.63. The average Bonchev–Trinajstić information content (AvgIpc) is 2.76. The van der Waals surface area contributed by atoms with E-state index in [1.54, 1.807) is 11.3 Å². The summed E-state index contributed by atoms with van der Waals surface area (Å²) in [6.07, 6.45) is 3.53. The summed E-state index contributed by atoms with van der Waals surface area (Å²) in [5.74, 6) is 1.01. The molecule has 0 radical (unpaired) electrons. The lowest BCUT2D eigenvalue weighted by Gasteiger charge is -2.31. The minimum Gasteiger partial charge on any atom is -0.338 e. The molecule has 19 heavy (non-hydrogen) atoms. The van der Waals surface area contributed by atoms with Gasteiger partial charge in [-0.25, -0.2) is 0 Å². The van der Waals surface area contributed by atoms with Crippen LogP contribution in [0, 0.1) is 19.8 Å². The van der Waals surface area contributed by atoms with Crippen LogP contribution in [-0.2, 0) is 0 Å². The summed E-state index contributed by atoms with van der Waals surface area (Å²) in [5.41, 5.74) is 1.23. The van der Waals surface area contributed by atoms with E-state index >= 15 is 0 Å². The maximum atomic E-state index is 12.4. The molecule has 0 atom stereocenters. The maximum absolute atomic E-state index is 12.4. The summed E-state index contributed by atoms with van der Waals surface area (Å²) in [6, 6.07) is 2.04. The van der Waals surface area contributed by atoms with Crippen molar-refractivity contribution in [3.05, 3.63) is 21.4 Å². The Bertz CT molecular complexity index is 414. The zero-order chi connectivity index (χ0) is 13.8. The molecule has 1 aromatic heterocycles. The quantitative estimate of drug-likeness (QED) is 0.920. The van der Waals surface area contributed by atoms with Gasteiger partial charge >= 0.3 is 0 Å². The molecule has 2 rings (SSSR count). The molecule has 0 spiro atoms. The van der Waals surface area contributed by atoms with Crippen LogP contribution in [0.5, 0.6) is 0 Å². The number of aryl methyl sites for hydroxylation is 2. The minimum atomic E-state index is 0.230. The van der Waals surface area contributed by atoms with Gasteiger partial charge in [0, 0.05) is 18.0 Å². The van der Waals surface area contributed by atoms with E-state index in [1.165, 1.54) is 16.9 Å². The third kappa shape index (κ3) is 3.57. The Hall–Kier alpha value is -0.870. The van der Waals surface area contributed by atoms with Gasteiger partial charge in [0.25, 0.3) is 5.91 Å². The van der Waals surface area contributed by atoms with Gasteiger partial charge in [-0.3, -0.25) is 4.79 Å². The Morgan fingerprint density at radius 2 is 2.11 bits per heavy atom. The second-order valence-corrected chi connectivity index (χ2v) is 6.73. The van der Waals surface area contributed by atoms with Crippen LogP contribution in [0.3, 0.4) is 0 Å². The SMILES string of the molecule is CNCCC1CCN(C(=O)c2cc(C)c(C)s2)CC1. The van der Waals surface area contributed by atoms with Crippen LogP contribution in [0.25, 0.3) is 0 Å². The number of hydrogen-bond donors (Lipinski definition) is 1. The summed E-state index contributed by atoms with van der Waals surface area (Å²) in [5, 5.41) is 3.20. The Labute approximate surface area is 120 Å². The predicted octanol–water partition coefficient (Wildman–Crippen LogP) is 2.83. The molecule has 1 N–H and O–H groups in total. The molecule has 0 bridgehead atoms. The van der Waals surface area contributed by atoms with Gasteiger partial charge in [0.05, 0.1) is 4.88 Å². The average molecular weight is 280 g/mol. The van der Waals surface area contributed by atoms with Gasteiger partial charge in [-0.2, -0.15) is 0 Å². The van der Waals surface area contributed by atoms with E-state index < -0.39 is 0 Å². The molecule has 3 nitrogen and oxygen atoms in total. The van der Waals surface area contributed by atoms with Crippen molar-refractivity contribution in [3.8, 4) is 0 Å². The summed E-state index contributed by atoms with van der Waals surface area (Å²) in [4.78, 5) is 16.6. The number of nitrogens with zero attached hydrogens (tertiary/aromatic N) is 1. The van der Waals surface area contributed by atoms with E-state index in [0.717, 1.165) is 43.3 Å². The zero-order valence-electron chi connectivity index (χ0n) is 12.2. The fourth-order valence-corrected chi connectivity index (χ4v) is 3.61. The number of likely N-dealkylation sites (tertiary alicyclic amines) is 1. The molecule has 4 heteroatoms. The normalized spacial score (nSPS) is 16.9. The van der Waals surface area contributed by atoms with Crippen LogP contribution in [0.1, 0.15) is 39.4 Å². The number of piperidine rings is 1. The second-order valence-electron chi connectivity index (χ2n) is 5.48. The van der Waals surface area contributed by atoms with Crippen molar-refractivity contribution >= 4 is 17.2 Å². The van der Waals surface area contributed by atoms with Crippen LogP contribution in [-0.4, -0.2) is 37.5 Å². The molecule has 1 fully saturated rings. The van der Waals surface area contributed by atoms with Gasteiger partial charge in [-0.15, -0.1) is 11.3 Å². The Morgan fingerprint density at radius 3 is 2.63 bits per heavy atom. The lowest BCUT2D eigenvalue weighted by atomic mass is 9.93. The van der Waals surface area contributed by atoms with Gasteiger partial charge in [-0.1, -0.05) is 0 Å². The highest BCUT2D eigenvalue weighted by molar-refractivity contribution is 7.14. The topological polar surface area (TPSA) is 32.3 Å². The number of carbonyl (C=O) groups is 1. The monoisotopic (exact) mass is 280 g/mol. The number of amides is 1. The van der Waals surface area contributed by atoms with Crippen molar-refractivity contribution in [3.63, 3.8) is 0 Å². The Morgan fingerprint density at radius 1 is 1.42 bits per heavy atom. The van der Waals surface area contributed by atoms with Crippen molar-refractivity contribution in [2.45, 2.75) is 33.1 Å². The van der Waals surface area contributed by atoms with E-state index in [0.29, 0.717) is 0 Å². The van der Waals surface area contributed by atoms with Crippen LogP contribution in [0.15, 0.2) is 6.07 Å². The molecule has 106 valence electrons. The first kappa shape index (κ1) is 14.5. The third-order valence-electron chi connectivity index (χ3n) is 4.08. The molecule has 1 aliphatic rings. The van der Waals surface area contributed by atoms with E-state index in [1.807, 2.05) is 18.0 Å². The summed E-state index contributed by atoms with van der Waals surface area (Å²) in [7, 11) is 2.00. The number of nitrogens with one attached hydrogen (secondary N) is 1. The van der Waals surface area contributed by atoms with Gasteiger partial charge in [0.1, 0.15) is 0 Å². The molecule has 1 aromatic rings. The van der Waals surface area contributed by atoms with Crippen molar-refractivity contribution < 1.29 is 4.79 Å². The van der Waals surface area contributed by atoms with Crippen LogP contribution in [0.4, 0.5) is 0 Å². The molecule has 0 aliphatic carbocycles. The van der Waals surface area contributed by atoms with Gasteiger partial charge in [0.2, 0.25) is 0 Å². The van der Waals surface area contributed by atoms with Gasteiger partial charge in [-0.05, 0) is 64.3 Å². The summed E-state index contributed by atoms with van der Waals surface area (Å²) < 4.78 is 0. The number of hydrogen-bond acceptors (Lipinski definition) is 3. The molecule has 0 aromatic carbocycles. The summed E-state index contributed by atoms with van der Waals surface area (Å²) in [6.45, 7) is 7.09. The van der Waals surface area contributed by atoms with Gasteiger partial charge < -0.3 is 10.2 Å². The van der Waals surface area contributed by atoms with Gasteiger partial charge in [0.15, 0.2) is 0 Å². The third-order valence-corrected chi connectivity index (χ3v) is 5.22. The number of rotatable bonds is 4. The van der Waals surface area contributed by atoms with E-state index in [2.05, 4.69) is 19.2 Å². The standard InChI is InChI=1S/C15H24N2OS/c1-11-10-14(19-12(11)2)15(18)17-8-5-13(6-9-17)4-7-16-3/h10,13,16H,4-9H2,1-3H3. The van der Waals surface area contributed by atoms with E-state index in [9.17, 15) is 4.79 Å². The molecule has 1 saturated heterocycles. The number of thiophene rings is 1. The minimum absolute atomic E-state index is 0.230. The van der Waals surface area contributed by atoms with Crippen molar-refractivity contribution in [2.24, 2.45) is 5.92 Å². The first-order valence-electron chi connectivity index (χ1n) is 7.12. The molecule has 1 amide bonds. The Balaban J connectivity index is 1.89. The lowest BCUT2D eigenvalue weighted by Crippen LogP contribution is -2.38. The highest BCUT2D eigenvalue weighted by Crippen LogP contribution is 2.25. The number of carbonyl (C=O) groups excluding carboxylic acids is 1. The molecule has 0 saturated carbocycles. The van der Waals surface area contributed by atoms with E-state index in [-0.39, 0.29) is 5.91 Å². The first-order valence-corrected chi connectivity index (χ1v) is 7.94. The lowest BCUT2D eigenvalue weighted by molar-refractivity contribution is 0.0692.